The topological polar surface area (TPSA) is 67.4 Å². The molecule has 0 aromatic heterocycles. The molecular formula is C21H22N2O3S. The van der Waals surface area contributed by atoms with Gasteiger partial charge < -0.3 is 10.1 Å². The minimum absolute atomic E-state index is 0.194. The number of para-hydroxylation sites is 2. The van der Waals surface area contributed by atoms with Gasteiger partial charge in [0.1, 0.15) is 5.75 Å². The molecule has 5 nitrogen and oxygen atoms in total. The largest absolute Gasteiger partial charge is 0.495 e. The van der Waals surface area contributed by atoms with Crippen molar-refractivity contribution in [1.29, 1.82) is 0 Å². The summed E-state index contributed by atoms with van der Waals surface area (Å²) in [5.74, 6) is 0.698. The van der Waals surface area contributed by atoms with Gasteiger partial charge in [-0.2, -0.15) is 0 Å². The lowest BCUT2D eigenvalue weighted by molar-refractivity contribution is 0.416. The van der Waals surface area contributed by atoms with Crippen LogP contribution in [0.5, 0.6) is 5.75 Å². The van der Waals surface area contributed by atoms with Crippen LogP contribution >= 0.6 is 0 Å². The van der Waals surface area contributed by atoms with E-state index in [1.807, 2.05) is 54.6 Å². The molecule has 6 heteroatoms. The Morgan fingerprint density at radius 2 is 1.44 bits per heavy atom. The van der Waals surface area contributed by atoms with Crippen LogP contribution in [0.15, 0.2) is 89.8 Å². The second-order valence-corrected chi connectivity index (χ2v) is 7.74. The lowest BCUT2D eigenvalue weighted by atomic mass is 10.1. The Hall–Kier alpha value is -2.83. The fraction of sp³-hybridized carbons (Fsp3) is 0.143. The Kier molecular flexibility index (Phi) is 6.11. The van der Waals surface area contributed by atoms with E-state index in [0.29, 0.717) is 5.75 Å². The third-order valence-corrected chi connectivity index (χ3v) is 5.61. The van der Waals surface area contributed by atoms with Crippen molar-refractivity contribution in [3.05, 3.63) is 90.5 Å². The standard InChI is InChI=1S/C21H22N2O3S/c1-26-21-15-9-8-14-19(21)23-20(17-10-4-2-5-11-17)16-22-27(24,25)18-12-6-3-7-13-18/h2-15,20,22-23H,16H2,1H3. The SMILES string of the molecule is COc1ccccc1NC(CNS(=O)(=O)c1ccccc1)c1ccccc1. The van der Waals surface area contributed by atoms with Crippen LogP contribution in [0.3, 0.4) is 0 Å². The molecule has 1 unspecified atom stereocenters. The highest BCUT2D eigenvalue weighted by Crippen LogP contribution is 2.28. The fourth-order valence-corrected chi connectivity index (χ4v) is 3.83. The number of sulfonamides is 1. The molecule has 2 N–H and O–H groups in total. The molecule has 0 spiro atoms. The van der Waals surface area contributed by atoms with E-state index in [4.69, 9.17) is 4.74 Å². The summed E-state index contributed by atoms with van der Waals surface area (Å²) in [5.41, 5.74) is 1.77. The number of anilines is 1. The highest BCUT2D eigenvalue weighted by Gasteiger charge is 2.19. The van der Waals surface area contributed by atoms with E-state index in [1.54, 1.807) is 37.4 Å². The zero-order chi connectivity index (χ0) is 19.1. The zero-order valence-electron chi connectivity index (χ0n) is 15.0. The average molecular weight is 382 g/mol. The summed E-state index contributed by atoms with van der Waals surface area (Å²) >= 11 is 0. The molecule has 1 atom stereocenters. The van der Waals surface area contributed by atoms with Crippen molar-refractivity contribution in [2.24, 2.45) is 0 Å². The highest BCUT2D eigenvalue weighted by atomic mass is 32.2. The van der Waals surface area contributed by atoms with E-state index < -0.39 is 10.0 Å². The second-order valence-electron chi connectivity index (χ2n) is 5.97. The predicted octanol–water partition coefficient (Wildman–Crippen LogP) is 3.83. The summed E-state index contributed by atoms with van der Waals surface area (Å²) in [6.07, 6.45) is 0. The van der Waals surface area contributed by atoms with Gasteiger partial charge in [-0.1, -0.05) is 60.7 Å². The van der Waals surface area contributed by atoms with Gasteiger partial charge in [-0.3, -0.25) is 0 Å². The number of benzene rings is 3. The van der Waals surface area contributed by atoms with Crippen molar-refractivity contribution < 1.29 is 13.2 Å². The van der Waals surface area contributed by atoms with Crippen LogP contribution in [0.1, 0.15) is 11.6 Å². The number of hydrogen-bond acceptors (Lipinski definition) is 4. The van der Waals surface area contributed by atoms with Gasteiger partial charge in [0, 0.05) is 6.54 Å². The minimum atomic E-state index is -3.59. The van der Waals surface area contributed by atoms with Crippen LogP contribution < -0.4 is 14.8 Å². The van der Waals surface area contributed by atoms with E-state index in [0.717, 1.165) is 11.3 Å². The van der Waals surface area contributed by atoms with E-state index in [-0.39, 0.29) is 17.5 Å². The van der Waals surface area contributed by atoms with Gasteiger partial charge in [-0.15, -0.1) is 0 Å². The van der Waals surface area contributed by atoms with Gasteiger partial charge in [0.25, 0.3) is 0 Å². The number of ether oxygens (including phenoxy) is 1. The molecule has 0 saturated heterocycles. The quantitative estimate of drug-likeness (QED) is 0.621. The first-order valence-electron chi connectivity index (χ1n) is 8.59. The van der Waals surface area contributed by atoms with Gasteiger partial charge in [0.2, 0.25) is 10.0 Å². The van der Waals surface area contributed by atoms with Gasteiger partial charge >= 0.3 is 0 Å². The van der Waals surface area contributed by atoms with Gasteiger partial charge in [-0.05, 0) is 29.8 Å². The summed E-state index contributed by atoms with van der Waals surface area (Å²) in [5, 5.41) is 3.39. The Labute approximate surface area is 160 Å². The maximum atomic E-state index is 12.6. The maximum Gasteiger partial charge on any atom is 0.240 e. The molecular weight excluding hydrogens is 360 g/mol. The minimum Gasteiger partial charge on any atom is -0.495 e. The summed E-state index contributed by atoms with van der Waals surface area (Å²) in [6, 6.07) is 25.4. The Bertz CT molecular complexity index is 961. The molecule has 3 aromatic carbocycles. The van der Waals surface area contributed by atoms with Crippen LogP contribution in [-0.4, -0.2) is 22.1 Å². The first-order chi connectivity index (χ1) is 13.1. The summed E-state index contributed by atoms with van der Waals surface area (Å²) in [7, 11) is -1.99. The molecule has 140 valence electrons. The molecule has 0 bridgehead atoms. The molecule has 0 saturated carbocycles. The average Bonchev–Trinajstić information content (AvgIpc) is 2.72. The zero-order valence-corrected chi connectivity index (χ0v) is 15.8. The summed E-state index contributed by atoms with van der Waals surface area (Å²) in [6.45, 7) is 0.194. The lowest BCUT2D eigenvalue weighted by Gasteiger charge is -2.22. The monoisotopic (exact) mass is 382 g/mol. The van der Waals surface area contributed by atoms with Crippen LogP contribution in [-0.2, 0) is 10.0 Å². The molecule has 3 rings (SSSR count). The number of nitrogens with one attached hydrogen (secondary N) is 2. The van der Waals surface area contributed by atoms with Gasteiger partial charge in [0.15, 0.2) is 0 Å². The normalized spacial score (nSPS) is 12.3. The number of rotatable bonds is 8. The van der Waals surface area contributed by atoms with Crippen LogP contribution in [0.2, 0.25) is 0 Å². The van der Waals surface area contributed by atoms with Gasteiger partial charge in [0.05, 0.1) is 23.7 Å². The summed E-state index contributed by atoms with van der Waals surface area (Å²) in [4.78, 5) is 0.245. The molecule has 0 aliphatic rings. The van der Waals surface area contributed by atoms with Crippen molar-refractivity contribution in [1.82, 2.24) is 4.72 Å². The number of hydrogen-bond donors (Lipinski definition) is 2. The van der Waals surface area contributed by atoms with Crippen molar-refractivity contribution in [3.63, 3.8) is 0 Å². The van der Waals surface area contributed by atoms with E-state index in [9.17, 15) is 8.42 Å². The highest BCUT2D eigenvalue weighted by molar-refractivity contribution is 7.89. The molecule has 0 aliphatic heterocycles. The molecule has 0 aliphatic carbocycles. The van der Waals surface area contributed by atoms with Crippen LogP contribution in [0.25, 0.3) is 0 Å². The van der Waals surface area contributed by atoms with Crippen LogP contribution in [0.4, 0.5) is 5.69 Å². The smallest absolute Gasteiger partial charge is 0.240 e. The van der Waals surface area contributed by atoms with Crippen molar-refractivity contribution in [2.45, 2.75) is 10.9 Å². The number of methoxy groups -OCH3 is 1. The third-order valence-electron chi connectivity index (χ3n) is 4.17. The Balaban J connectivity index is 1.83. The van der Waals surface area contributed by atoms with Crippen molar-refractivity contribution >= 4 is 15.7 Å². The molecule has 27 heavy (non-hydrogen) atoms. The lowest BCUT2D eigenvalue weighted by Crippen LogP contribution is -2.31. The van der Waals surface area contributed by atoms with E-state index in [2.05, 4.69) is 10.0 Å². The fourth-order valence-electron chi connectivity index (χ4n) is 2.77. The predicted molar refractivity (Wildman–Crippen MR) is 107 cm³/mol. The molecule has 0 heterocycles. The summed E-state index contributed by atoms with van der Waals surface area (Å²) < 4.78 is 33.3. The first-order valence-corrected chi connectivity index (χ1v) is 10.1. The van der Waals surface area contributed by atoms with E-state index in [1.165, 1.54) is 0 Å². The molecule has 0 radical (unpaired) electrons. The van der Waals surface area contributed by atoms with Gasteiger partial charge in [-0.25, -0.2) is 13.1 Å². The molecule has 0 amide bonds. The maximum absolute atomic E-state index is 12.6. The van der Waals surface area contributed by atoms with Crippen molar-refractivity contribution in [3.8, 4) is 5.75 Å². The molecule has 0 fully saturated rings. The first kappa shape index (κ1) is 18.9. The Morgan fingerprint density at radius 3 is 2.11 bits per heavy atom. The molecule has 3 aromatic rings. The second kappa shape index (κ2) is 8.70. The van der Waals surface area contributed by atoms with Crippen molar-refractivity contribution in [2.75, 3.05) is 19.0 Å². The van der Waals surface area contributed by atoms with E-state index >= 15 is 0 Å². The third kappa shape index (κ3) is 4.87. The Morgan fingerprint density at radius 1 is 0.852 bits per heavy atom. The van der Waals surface area contributed by atoms with Crippen LogP contribution in [0, 0.1) is 0 Å².